The van der Waals surface area contributed by atoms with E-state index in [0.29, 0.717) is 50.0 Å². The highest BCUT2D eigenvalue weighted by Crippen LogP contribution is 2.28. The maximum absolute atomic E-state index is 13.0. The quantitative estimate of drug-likeness (QED) is 0.659. The predicted octanol–water partition coefficient (Wildman–Crippen LogP) is 1.42. The number of carbonyl (C=O) groups is 3. The summed E-state index contributed by atoms with van der Waals surface area (Å²) in [7, 11) is 3.00. The van der Waals surface area contributed by atoms with E-state index in [9.17, 15) is 14.4 Å². The molecule has 0 N–H and O–H groups in total. The molecule has 0 bridgehead atoms. The Hall–Kier alpha value is -2.84. The van der Waals surface area contributed by atoms with E-state index in [2.05, 4.69) is 4.98 Å². The molecule has 4 rings (SSSR count). The summed E-state index contributed by atoms with van der Waals surface area (Å²) in [6.45, 7) is 4.09. The Morgan fingerprint density at radius 2 is 1.75 bits per heavy atom. The number of aromatic nitrogens is 1. The van der Waals surface area contributed by atoms with Gasteiger partial charge in [0, 0.05) is 51.8 Å². The Morgan fingerprint density at radius 3 is 2.41 bits per heavy atom. The van der Waals surface area contributed by atoms with Crippen LogP contribution >= 0.6 is 0 Å². The first kappa shape index (κ1) is 22.4. The van der Waals surface area contributed by atoms with Crippen LogP contribution in [0.25, 0.3) is 0 Å². The number of rotatable bonds is 6. The van der Waals surface area contributed by atoms with Crippen molar-refractivity contribution in [3.05, 3.63) is 17.7 Å². The van der Waals surface area contributed by atoms with Crippen molar-refractivity contribution >= 4 is 17.7 Å². The Morgan fingerprint density at radius 1 is 1.03 bits per heavy atom. The first-order valence-corrected chi connectivity index (χ1v) is 11.4. The fraction of sp³-hybridized carbons (Fsp3) is 0.652. The lowest BCUT2D eigenvalue weighted by atomic mass is 9.95. The summed E-state index contributed by atoms with van der Waals surface area (Å²) in [5.74, 6) is 0.901. The molecule has 3 aliphatic rings. The summed E-state index contributed by atoms with van der Waals surface area (Å²) in [4.78, 5) is 47.9. The number of methoxy groups -OCH3 is 2. The van der Waals surface area contributed by atoms with E-state index in [1.54, 1.807) is 12.1 Å². The van der Waals surface area contributed by atoms with Gasteiger partial charge in [0.15, 0.2) is 0 Å². The van der Waals surface area contributed by atoms with Gasteiger partial charge in [-0.25, -0.2) is 0 Å². The van der Waals surface area contributed by atoms with Gasteiger partial charge in [0.2, 0.25) is 23.6 Å². The van der Waals surface area contributed by atoms with E-state index >= 15 is 0 Å². The first-order chi connectivity index (χ1) is 15.5. The van der Waals surface area contributed by atoms with Crippen LogP contribution < -0.4 is 9.47 Å². The second-order valence-corrected chi connectivity index (χ2v) is 8.88. The third kappa shape index (κ3) is 4.66. The van der Waals surface area contributed by atoms with E-state index in [4.69, 9.17) is 9.47 Å². The zero-order valence-electron chi connectivity index (χ0n) is 18.9. The molecule has 3 amide bonds. The summed E-state index contributed by atoms with van der Waals surface area (Å²) in [6, 6.07) is 3.33. The lowest BCUT2D eigenvalue weighted by Crippen LogP contribution is -2.42. The van der Waals surface area contributed by atoms with Gasteiger partial charge in [0.25, 0.3) is 5.91 Å². The van der Waals surface area contributed by atoms with Crippen LogP contribution in [0.5, 0.6) is 11.8 Å². The van der Waals surface area contributed by atoms with Crippen molar-refractivity contribution in [3.8, 4) is 11.8 Å². The summed E-state index contributed by atoms with van der Waals surface area (Å²) in [5.41, 5.74) is 0.421. The van der Waals surface area contributed by atoms with Gasteiger partial charge >= 0.3 is 0 Å². The van der Waals surface area contributed by atoms with Crippen LogP contribution in [0.2, 0.25) is 0 Å². The maximum Gasteiger partial charge on any atom is 0.259 e. The molecule has 1 unspecified atom stereocenters. The molecule has 4 heterocycles. The van der Waals surface area contributed by atoms with Crippen molar-refractivity contribution in [1.82, 2.24) is 19.7 Å². The third-order valence-corrected chi connectivity index (χ3v) is 6.83. The monoisotopic (exact) mass is 444 g/mol. The zero-order valence-corrected chi connectivity index (χ0v) is 18.9. The average molecular weight is 445 g/mol. The van der Waals surface area contributed by atoms with E-state index in [-0.39, 0.29) is 29.5 Å². The van der Waals surface area contributed by atoms with Crippen molar-refractivity contribution in [2.24, 2.45) is 11.8 Å². The molecule has 0 aliphatic carbocycles. The van der Waals surface area contributed by atoms with Gasteiger partial charge in [-0.15, -0.1) is 0 Å². The molecule has 1 aromatic rings. The van der Waals surface area contributed by atoms with Gasteiger partial charge in [-0.1, -0.05) is 0 Å². The van der Waals surface area contributed by atoms with Crippen molar-refractivity contribution in [3.63, 3.8) is 0 Å². The van der Waals surface area contributed by atoms with Crippen molar-refractivity contribution in [2.75, 3.05) is 53.5 Å². The van der Waals surface area contributed by atoms with E-state index in [0.717, 1.165) is 38.8 Å². The van der Waals surface area contributed by atoms with Crippen LogP contribution in [0.3, 0.4) is 0 Å². The Balaban J connectivity index is 1.29. The number of ether oxygens (including phenoxy) is 2. The number of nitrogens with zero attached hydrogens (tertiary/aromatic N) is 4. The molecule has 0 radical (unpaired) electrons. The molecule has 0 spiro atoms. The van der Waals surface area contributed by atoms with Gasteiger partial charge in [0.05, 0.1) is 20.1 Å². The number of carbonyl (C=O) groups excluding carboxylic acids is 3. The molecule has 0 aromatic carbocycles. The number of pyridine rings is 1. The summed E-state index contributed by atoms with van der Waals surface area (Å²) >= 11 is 0. The molecule has 0 saturated carbocycles. The van der Waals surface area contributed by atoms with Gasteiger partial charge in [-0.2, -0.15) is 4.98 Å². The highest BCUT2D eigenvalue weighted by molar-refractivity contribution is 5.96. The summed E-state index contributed by atoms with van der Waals surface area (Å²) < 4.78 is 10.4. The normalized spacial score (nSPS) is 21.9. The highest BCUT2D eigenvalue weighted by Gasteiger charge is 2.38. The predicted molar refractivity (Wildman–Crippen MR) is 116 cm³/mol. The van der Waals surface area contributed by atoms with Gasteiger partial charge in [-0.05, 0) is 37.7 Å². The average Bonchev–Trinajstić information content (AvgIpc) is 3.49. The highest BCUT2D eigenvalue weighted by atomic mass is 16.5. The van der Waals surface area contributed by atoms with Gasteiger partial charge < -0.3 is 24.2 Å². The van der Waals surface area contributed by atoms with Crippen LogP contribution in [0.4, 0.5) is 0 Å². The van der Waals surface area contributed by atoms with Crippen LogP contribution in [0.15, 0.2) is 12.1 Å². The minimum Gasteiger partial charge on any atom is -0.481 e. The zero-order chi connectivity index (χ0) is 22.7. The molecule has 3 fully saturated rings. The van der Waals surface area contributed by atoms with Crippen molar-refractivity contribution in [1.29, 1.82) is 0 Å². The molecule has 1 aromatic heterocycles. The van der Waals surface area contributed by atoms with E-state index < -0.39 is 0 Å². The maximum atomic E-state index is 13.0. The number of piperidine rings is 1. The van der Waals surface area contributed by atoms with Gasteiger partial charge in [-0.3, -0.25) is 14.4 Å². The number of amides is 3. The van der Waals surface area contributed by atoms with E-state index in [1.165, 1.54) is 14.2 Å². The smallest absolute Gasteiger partial charge is 0.259 e. The largest absolute Gasteiger partial charge is 0.481 e. The fourth-order valence-corrected chi connectivity index (χ4v) is 4.97. The molecule has 174 valence electrons. The first-order valence-electron chi connectivity index (χ1n) is 11.4. The summed E-state index contributed by atoms with van der Waals surface area (Å²) in [5, 5.41) is 0. The molecular formula is C23H32N4O5. The molecule has 1 atom stereocenters. The van der Waals surface area contributed by atoms with Crippen LogP contribution in [0.1, 0.15) is 42.5 Å². The van der Waals surface area contributed by atoms with Crippen molar-refractivity contribution in [2.45, 2.75) is 32.1 Å². The molecule has 9 heteroatoms. The Bertz CT molecular complexity index is 862. The number of likely N-dealkylation sites (tertiary alicyclic amines) is 3. The van der Waals surface area contributed by atoms with Crippen LogP contribution in [-0.2, 0) is 9.59 Å². The van der Waals surface area contributed by atoms with Crippen molar-refractivity contribution < 1.29 is 23.9 Å². The number of hydrogen-bond donors (Lipinski definition) is 0. The second-order valence-electron chi connectivity index (χ2n) is 8.88. The molecule has 3 aliphatic heterocycles. The molecule has 9 nitrogen and oxygen atoms in total. The lowest BCUT2D eigenvalue weighted by Gasteiger charge is -2.34. The van der Waals surface area contributed by atoms with Crippen LogP contribution in [0, 0.1) is 11.8 Å². The molecule has 3 saturated heterocycles. The minimum atomic E-state index is -0.197. The number of hydrogen-bond acceptors (Lipinski definition) is 6. The molecule has 32 heavy (non-hydrogen) atoms. The Kier molecular flexibility index (Phi) is 6.81. The standard InChI is InChI=1S/C23H32N4O5/c1-31-19-6-5-18(21(24-19)32-2)23(30)26-11-7-16(8-12-26)14-27-15-17(13-20(27)28)22(29)25-9-3-4-10-25/h5-6,16-17H,3-4,7-15H2,1-2H3. The minimum absolute atomic E-state index is 0.0788. The Labute approximate surface area is 188 Å². The summed E-state index contributed by atoms with van der Waals surface area (Å²) in [6.07, 6.45) is 4.10. The van der Waals surface area contributed by atoms with Gasteiger partial charge in [0.1, 0.15) is 5.56 Å². The SMILES string of the molecule is COc1ccc(C(=O)N2CCC(CN3CC(C(=O)N4CCCC4)CC3=O)CC2)c(OC)n1. The fourth-order valence-electron chi connectivity index (χ4n) is 4.97. The second kappa shape index (κ2) is 9.75. The topological polar surface area (TPSA) is 92.3 Å². The lowest BCUT2D eigenvalue weighted by molar-refractivity contribution is -0.134. The van der Waals surface area contributed by atoms with E-state index in [1.807, 2.05) is 14.7 Å². The van der Waals surface area contributed by atoms with Crippen LogP contribution in [-0.4, -0.2) is 90.9 Å². The third-order valence-electron chi connectivity index (χ3n) is 6.83. The molecular weight excluding hydrogens is 412 g/mol.